The Bertz CT molecular complexity index is 994. The summed E-state index contributed by atoms with van der Waals surface area (Å²) in [5, 5.41) is 9.55. The van der Waals surface area contributed by atoms with E-state index in [0.29, 0.717) is 62.0 Å². The normalized spacial score (nSPS) is 19.3. The predicted molar refractivity (Wildman–Crippen MR) is 119 cm³/mol. The zero-order valence-corrected chi connectivity index (χ0v) is 18.7. The fraction of sp³-hybridized carbons (Fsp3) is 0.375. The highest BCUT2D eigenvalue weighted by atomic mass is 79.9. The molecule has 0 unspecified atom stereocenters. The summed E-state index contributed by atoms with van der Waals surface area (Å²) in [6.45, 7) is 3.76. The molecular formula is C24H24BrNO5. The number of halogens is 1. The third-order valence-electron chi connectivity index (χ3n) is 6.02. The van der Waals surface area contributed by atoms with Crippen LogP contribution in [0.25, 0.3) is 0 Å². The van der Waals surface area contributed by atoms with Crippen molar-refractivity contribution < 1.29 is 24.2 Å². The van der Waals surface area contributed by atoms with E-state index in [-0.39, 0.29) is 18.1 Å². The van der Waals surface area contributed by atoms with Crippen molar-refractivity contribution >= 4 is 33.5 Å². The molecule has 1 N–H and O–H groups in total. The summed E-state index contributed by atoms with van der Waals surface area (Å²) in [5.41, 5.74) is 3.32. The highest BCUT2D eigenvalue weighted by Crippen LogP contribution is 2.51. The van der Waals surface area contributed by atoms with Gasteiger partial charge < -0.3 is 14.7 Å². The fourth-order valence-corrected chi connectivity index (χ4v) is 5.26. The summed E-state index contributed by atoms with van der Waals surface area (Å²) in [5.74, 6) is -0.990. The lowest BCUT2D eigenvalue weighted by Crippen LogP contribution is -2.41. The smallest absolute Gasteiger partial charge is 0.323 e. The molecule has 0 bridgehead atoms. The molecule has 0 aromatic heterocycles. The van der Waals surface area contributed by atoms with Gasteiger partial charge in [0.05, 0.1) is 0 Å². The Hall–Kier alpha value is -2.67. The number of aliphatic carboxylic acids is 1. The lowest BCUT2D eigenvalue weighted by Gasteiger charge is -2.43. The zero-order chi connectivity index (χ0) is 22.1. The molecule has 2 aliphatic carbocycles. The molecule has 31 heavy (non-hydrogen) atoms. The van der Waals surface area contributed by atoms with Crippen LogP contribution in [-0.4, -0.2) is 40.7 Å². The van der Waals surface area contributed by atoms with Gasteiger partial charge in [0.15, 0.2) is 11.6 Å². The Morgan fingerprint density at radius 1 is 1.13 bits per heavy atom. The molecule has 0 radical (unpaired) electrons. The van der Waals surface area contributed by atoms with Crippen molar-refractivity contribution in [3.8, 4) is 5.75 Å². The van der Waals surface area contributed by atoms with E-state index in [1.54, 1.807) is 11.0 Å². The van der Waals surface area contributed by atoms with E-state index in [0.717, 1.165) is 21.4 Å². The monoisotopic (exact) mass is 485 g/mol. The molecule has 0 spiro atoms. The number of carbonyl (C=O) groups excluding carboxylic acids is 2. The van der Waals surface area contributed by atoms with E-state index >= 15 is 0 Å². The van der Waals surface area contributed by atoms with Crippen LogP contribution in [0.4, 0.5) is 0 Å². The van der Waals surface area contributed by atoms with Crippen LogP contribution < -0.4 is 4.74 Å². The molecule has 1 aliphatic heterocycles. The largest absolute Gasteiger partial charge is 0.489 e. The van der Waals surface area contributed by atoms with E-state index in [1.165, 1.54) is 0 Å². The molecule has 1 aromatic rings. The number of benzene rings is 1. The van der Waals surface area contributed by atoms with Crippen LogP contribution in [0.15, 0.2) is 57.9 Å². The van der Waals surface area contributed by atoms with Crippen molar-refractivity contribution in [2.45, 2.75) is 44.4 Å². The lowest BCUT2D eigenvalue weighted by atomic mass is 9.70. The van der Waals surface area contributed by atoms with Gasteiger partial charge in [0, 0.05) is 51.3 Å². The second-order valence-corrected chi connectivity index (χ2v) is 8.88. The molecule has 162 valence electrons. The first-order valence-corrected chi connectivity index (χ1v) is 11.3. The summed E-state index contributed by atoms with van der Waals surface area (Å²) in [6, 6.07) is 5.58. The zero-order valence-electron chi connectivity index (χ0n) is 17.2. The van der Waals surface area contributed by atoms with E-state index in [2.05, 4.69) is 22.5 Å². The van der Waals surface area contributed by atoms with Crippen LogP contribution in [-0.2, 0) is 14.4 Å². The molecule has 0 amide bonds. The number of nitrogens with zero attached hydrogens (tertiary/aromatic N) is 1. The summed E-state index contributed by atoms with van der Waals surface area (Å²) < 4.78 is 6.72. The Labute approximate surface area is 189 Å². The second-order valence-electron chi connectivity index (χ2n) is 7.97. The van der Waals surface area contributed by atoms with Gasteiger partial charge in [-0.15, -0.1) is 0 Å². The molecule has 1 aromatic carbocycles. The Morgan fingerprint density at radius 3 is 2.29 bits per heavy atom. The van der Waals surface area contributed by atoms with E-state index in [4.69, 9.17) is 4.74 Å². The molecule has 0 saturated carbocycles. The predicted octanol–water partition coefficient (Wildman–Crippen LogP) is 4.51. The number of ether oxygens (including phenoxy) is 1. The third-order valence-corrected chi connectivity index (χ3v) is 6.51. The van der Waals surface area contributed by atoms with Crippen molar-refractivity contribution in [2.75, 3.05) is 13.2 Å². The van der Waals surface area contributed by atoms with Gasteiger partial charge in [-0.1, -0.05) is 28.6 Å². The number of ketones is 2. The van der Waals surface area contributed by atoms with Crippen LogP contribution in [0.1, 0.15) is 50.0 Å². The average molecular weight is 486 g/mol. The van der Waals surface area contributed by atoms with Gasteiger partial charge >= 0.3 is 5.97 Å². The van der Waals surface area contributed by atoms with E-state index in [9.17, 15) is 19.5 Å². The maximum Gasteiger partial charge on any atom is 0.323 e. The molecule has 0 saturated heterocycles. The van der Waals surface area contributed by atoms with Crippen molar-refractivity contribution in [3.63, 3.8) is 0 Å². The Morgan fingerprint density at radius 2 is 1.74 bits per heavy atom. The minimum atomic E-state index is -0.981. The third kappa shape index (κ3) is 3.99. The molecule has 3 aliphatic rings. The van der Waals surface area contributed by atoms with E-state index < -0.39 is 11.9 Å². The number of Topliss-reactive ketones (excluding diaryl/α,β-unsaturated/α-hetero) is 2. The van der Waals surface area contributed by atoms with Crippen LogP contribution in [0.3, 0.4) is 0 Å². The first-order valence-electron chi connectivity index (χ1n) is 10.5. The molecule has 0 fully saturated rings. The van der Waals surface area contributed by atoms with Crippen molar-refractivity contribution in [2.24, 2.45) is 0 Å². The number of carboxylic acids is 1. The van der Waals surface area contributed by atoms with E-state index in [1.807, 2.05) is 18.2 Å². The van der Waals surface area contributed by atoms with Gasteiger partial charge in [-0.05, 0) is 43.9 Å². The minimum absolute atomic E-state index is 0.0267. The van der Waals surface area contributed by atoms with Crippen molar-refractivity contribution in [1.29, 1.82) is 0 Å². The first-order chi connectivity index (χ1) is 14.9. The second kappa shape index (κ2) is 8.83. The van der Waals surface area contributed by atoms with Crippen LogP contribution in [0, 0.1) is 0 Å². The average Bonchev–Trinajstić information content (AvgIpc) is 2.73. The highest BCUT2D eigenvalue weighted by molar-refractivity contribution is 9.10. The molecule has 7 heteroatoms. The fourth-order valence-electron chi connectivity index (χ4n) is 4.88. The quantitative estimate of drug-likeness (QED) is 0.596. The summed E-state index contributed by atoms with van der Waals surface area (Å²) >= 11 is 3.52. The van der Waals surface area contributed by atoms with Crippen LogP contribution >= 0.6 is 15.9 Å². The topological polar surface area (TPSA) is 83.9 Å². The molecule has 1 heterocycles. The maximum absolute atomic E-state index is 13.2. The van der Waals surface area contributed by atoms with Crippen LogP contribution in [0.5, 0.6) is 5.75 Å². The van der Waals surface area contributed by atoms with Gasteiger partial charge in [0.25, 0.3) is 0 Å². The van der Waals surface area contributed by atoms with Gasteiger partial charge in [0.1, 0.15) is 18.9 Å². The van der Waals surface area contributed by atoms with Crippen LogP contribution in [0.2, 0.25) is 0 Å². The number of rotatable bonds is 6. The Balaban J connectivity index is 1.98. The molecule has 4 rings (SSSR count). The van der Waals surface area contributed by atoms with Crippen molar-refractivity contribution in [3.05, 3.63) is 63.4 Å². The lowest BCUT2D eigenvalue weighted by molar-refractivity contribution is -0.138. The number of carboxylic acid groups (broad SMARTS) is 1. The summed E-state index contributed by atoms with van der Waals surface area (Å²) in [4.78, 5) is 39.8. The van der Waals surface area contributed by atoms with Gasteiger partial charge in [-0.2, -0.15) is 0 Å². The summed E-state index contributed by atoms with van der Waals surface area (Å²) in [6.07, 6.45) is 5.02. The maximum atomic E-state index is 13.2. The number of hydrogen-bond acceptors (Lipinski definition) is 5. The number of hydrogen-bond donors (Lipinski definition) is 1. The number of allylic oxidation sites excluding steroid dienone is 4. The minimum Gasteiger partial charge on any atom is -0.489 e. The SMILES string of the molecule is C=CCOc1ccc(Br)cc1C1C2=C(CCCC2=O)N(CC(=O)O)C2=C1C(=O)CCC2. The highest BCUT2D eigenvalue weighted by Gasteiger charge is 2.44. The van der Waals surface area contributed by atoms with Gasteiger partial charge in [-0.3, -0.25) is 14.4 Å². The molecule has 0 atom stereocenters. The van der Waals surface area contributed by atoms with Gasteiger partial charge in [-0.25, -0.2) is 0 Å². The molecule has 6 nitrogen and oxygen atoms in total. The summed E-state index contributed by atoms with van der Waals surface area (Å²) in [7, 11) is 0. The van der Waals surface area contributed by atoms with Crippen molar-refractivity contribution in [1.82, 2.24) is 4.90 Å². The standard InChI is InChI=1S/C24H24BrNO5/c1-2-11-31-20-10-9-14(25)12-15(20)22-23-16(5-3-7-18(23)27)26(13-21(29)30)17-6-4-8-19(28)24(17)22/h2,9-10,12,22H,1,3-8,11,13H2,(H,29,30). The first kappa shape index (κ1) is 21.6. The molecular weight excluding hydrogens is 462 g/mol. The Kier molecular flexibility index (Phi) is 6.14. The van der Waals surface area contributed by atoms with Gasteiger partial charge in [0.2, 0.25) is 0 Å². The number of carbonyl (C=O) groups is 3.